The normalized spacial score (nSPS) is 12.6. The molecule has 332 valence electrons. The van der Waals surface area contributed by atoms with E-state index in [1.165, 1.54) is 93.4 Å². The zero-order chi connectivity index (χ0) is 46.9. The van der Waals surface area contributed by atoms with E-state index in [4.69, 9.17) is 0 Å². The van der Waals surface area contributed by atoms with Gasteiger partial charge in [0.2, 0.25) is 0 Å². The number of fused-ring (bicyclic) bond motifs is 9. The zero-order valence-corrected chi connectivity index (χ0v) is 39.0. The maximum Gasteiger partial charge on any atom is 0.0714 e. The minimum Gasteiger partial charge on any atom is -0.310 e. The van der Waals surface area contributed by atoms with Gasteiger partial charge in [0.1, 0.15) is 0 Å². The molecule has 0 amide bonds. The molecule has 0 N–H and O–H groups in total. The molecule has 0 saturated carbocycles. The number of nitrogens with zero attached hydrogens (tertiary/aromatic N) is 2. The Bertz CT molecular complexity index is 4110. The highest BCUT2D eigenvalue weighted by Crippen LogP contribution is 2.57. The first-order valence-electron chi connectivity index (χ1n) is 24.6. The first-order valence-corrected chi connectivity index (χ1v) is 24.6. The number of para-hydroxylation sites is 2. The van der Waals surface area contributed by atoms with Crippen molar-refractivity contribution in [2.45, 2.75) is 5.41 Å². The molecule has 0 radical (unpaired) electrons. The lowest BCUT2D eigenvalue weighted by atomic mass is 9.67. The van der Waals surface area contributed by atoms with Crippen LogP contribution in [0.3, 0.4) is 0 Å². The van der Waals surface area contributed by atoms with Crippen LogP contribution in [-0.4, -0.2) is 4.57 Å². The van der Waals surface area contributed by atoms with E-state index in [1.807, 2.05) is 0 Å². The van der Waals surface area contributed by atoms with Crippen LogP contribution in [0.4, 0.5) is 17.1 Å². The van der Waals surface area contributed by atoms with Gasteiger partial charge in [-0.15, -0.1) is 0 Å². The molecule has 0 fully saturated rings. The summed E-state index contributed by atoms with van der Waals surface area (Å²) in [5, 5.41) is 7.53. The SMILES string of the molecule is c1ccc(-n2c3ccccc3c3c(-c4cccc(N(c5ccc(-c6cccc7c6ccc6ccccc67)cc5)c5ccc6c(c5)C(c5ccccc5)(c5ccccc5)c5ccccc5-6)c4)cccc32)cc1. The van der Waals surface area contributed by atoms with Crippen LogP contribution in [0.2, 0.25) is 0 Å². The van der Waals surface area contributed by atoms with Gasteiger partial charge in [0.05, 0.1) is 16.4 Å². The Morgan fingerprint density at radius 2 is 0.873 bits per heavy atom. The van der Waals surface area contributed by atoms with Gasteiger partial charge >= 0.3 is 0 Å². The molecule has 0 atom stereocenters. The first-order chi connectivity index (χ1) is 35.2. The third kappa shape index (κ3) is 6.35. The summed E-state index contributed by atoms with van der Waals surface area (Å²) in [6.45, 7) is 0. The fourth-order valence-electron chi connectivity index (χ4n) is 12.0. The van der Waals surface area contributed by atoms with Crippen molar-refractivity contribution < 1.29 is 0 Å². The number of benzene rings is 12. The fraction of sp³-hybridized carbons (Fsp3) is 0.0145. The van der Waals surface area contributed by atoms with Crippen LogP contribution in [0.5, 0.6) is 0 Å². The Labute approximate surface area is 413 Å². The highest BCUT2D eigenvalue weighted by molar-refractivity contribution is 6.16. The van der Waals surface area contributed by atoms with E-state index < -0.39 is 5.41 Å². The fourth-order valence-corrected chi connectivity index (χ4v) is 12.0. The van der Waals surface area contributed by atoms with Gasteiger partial charge in [-0.2, -0.15) is 0 Å². The second kappa shape index (κ2) is 16.5. The largest absolute Gasteiger partial charge is 0.310 e. The number of anilines is 3. The van der Waals surface area contributed by atoms with Gasteiger partial charge in [0.15, 0.2) is 0 Å². The van der Waals surface area contributed by atoms with Gasteiger partial charge in [0.25, 0.3) is 0 Å². The molecule has 14 rings (SSSR count). The Kier molecular flexibility index (Phi) is 9.47. The third-order valence-corrected chi connectivity index (χ3v) is 15.1. The molecule has 1 aliphatic carbocycles. The number of aromatic nitrogens is 1. The molecular formula is C69H46N2. The third-order valence-electron chi connectivity index (χ3n) is 15.1. The molecule has 0 unspecified atom stereocenters. The molecule has 1 aromatic heterocycles. The molecule has 1 aliphatic rings. The summed E-state index contributed by atoms with van der Waals surface area (Å²) in [7, 11) is 0. The van der Waals surface area contributed by atoms with Gasteiger partial charge < -0.3 is 9.47 Å². The van der Waals surface area contributed by atoms with Crippen molar-refractivity contribution in [1.29, 1.82) is 0 Å². The average molecular weight is 903 g/mol. The second-order valence-corrected chi connectivity index (χ2v) is 18.8. The first kappa shape index (κ1) is 40.8. The summed E-state index contributed by atoms with van der Waals surface area (Å²) < 4.78 is 2.40. The van der Waals surface area contributed by atoms with Crippen LogP contribution >= 0.6 is 0 Å². The van der Waals surface area contributed by atoms with Crippen LogP contribution in [0.15, 0.2) is 279 Å². The Balaban J connectivity index is 0.983. The maximum absolute atomic E-state index is 2.47. The molecule has 2 heteroatoms. The van der Waals surface area contributed by atoms with Crippen LogP contribution in [0.1, 0.15) is 22.3 Å². The summed E-state index contributed by atoms with van der Waals surface area (Å²) >= 11 is 0. The van der Waals surface area contributed by atoms with Crippen molar-refractivity contribution in [2.75, 3.05) is 4.90 Å². The summed E-state index contributed by atoms with van der Waals surface area (Å²) in [4.78, 5) is 2.46. The summed E-state index contributed by atoms with van der Waals surface area (Å²) in [6.07, 6.45) is 0. The van der Waals surface area contributed by atoms with Crippen molar-refractivity contribution in [3.63, 3.8) is 0 Å². The van der Waals surface area contributed by atoms with Gasteiger partial charge in [-0.05, 0) is 138 Å². The Hall–Kier alpha value is -9.24. The highest BCUT2D eigenvalue weighted by atomic mass is 15.1. The lowest BCUT2D eigenvalue weighted by Gasteiger charge is -2.35. The van der Waals surface area contributed by atoms with Crippen molar-refractivity contribution >= 4 is 60.4 Å². The summed E-state index contributed by atoms with van der Waals surface area (Å²) in [5.74, 6) is 0. The monoisotopic (exact) mass is 902 g/mol. The van der Waals surface area contributed by atoms with Gasteiger partial charge in [-0.25, -0.2) is 0 Å². The topological polar surface area (TPSA) is 8.17 Å². The van der Waals surface area contributed by atoms with Gasteiger partial charge in [0, 0.05) is 33.5 Å². The molecule has 0 spiro atoms. The molecule has 13 aromatic rings. The molecule has 12 aromatic carbocycles. The van der Waals surface area contributed by atoms with Crippen LogP contribution in [0, 0.1) is 0 Å². The van der Waals surface area contributed by atoms with Crippen molar-refractivity contribution in [3.8, 4) is 39.1 Å². The van der Waals surface area contributed by atoms with Crippen LogP contribution < -0.4 is 4.90 Å². The highest BCUT2D eigenvalue weighted by Gasteiger charge is 2.46. The van der Waals surface area contributed by atoms with Crippen molar-refractivity contribution in [2.24, 2.45) is 0 Å². The van der Waals surface area contributed by atoms with E-state index in [2.05, 4.69) is 289 Å². The van der Waals surface area contributed by atoms with E-state index in [1.54, 1.807) is 0 Å². The number of hydrogen-bond acceptors (Lipinski definition) is 1. The molecule has 0 saturated heterocycles. The van der Waals surface area contributed by atoms with Gasteiger partial charge in [-0.1, -0.05) is 218 Å². The Morgan fingerprint density at radius 3 is 1.68 bits per heavy atom. The van der Waals surface area contributed by atoms with Gasteiger partial charge in [-0.3, -0.25) is 0 Å². The lowest BCUT2D eigenvalue weighted by molar-refractivity contribution is 0.768. The van der Waals surface area contributed by atoms with E-state index in [9.17, 15) is 0 Å². The molecule has 1 heterocycles. The number of rotatable bonds is 8. The van der Waals surface area contributed by atoms with E-state index in [0.29, 0.717) is 0 Å². The van der Waals surface area contributed by atoms with E-state index in [0.717, 1.165) is 28.3 Å². The Morgan fingerprint density at radius 1 is 0.296 bits per heavy atom. The quantitative estimate of drug-likeness (QED) is 0.138. The predicted molar refractivity (Wildman–Crippen MR) is 299 cm³/mol. The predicted octanol–water partition coefficient (Wildman–Crippen LogP) is 18.3. The minimum atomic E-state index is -0.539. The van der Waals surface area contributed by atoms with Crippen LogP contribution in [-0.2, 0) is 5.41 Å². The maximum atomic E-state index is 2.47. The smallest absolute Gasteiger partial charge is 0.0714 e. The van der Waals surface area contributed by atoms with Crippen molar-refractivity contribution in [1.82, 2.24) is 4.57 Å². The van der Waals surface area contributed by atoms with E-state index in [-0.39, 0.29) is 0 Å². The van der Waals surface area contributed by atoms with Crippen LogP contribution in [0.25, 0.3) is 82.4 Å². The minimum absolute atomic E-state index is 0.539. The summed E-state index contributed by atoms with van der Waals surface area (Å²) in [5.41, 5.74) is 18.6. The average Bonchev–Trinajstić information content (AvgIpc) is 3.95. The lowest BCUT2D eigenvalue weighted by Crippen LogP contribution is -2.28. The molecule has 0 aliphatic heterocycles. The second-order valence-electron chi connectivity index (χ2n) is 18.8. The zero-order valence-electron chi connectivity index (χ0n) is 39.0. The van der Waals surface area contributed by atoms with Crippen molar-refractivity contribution in [3.05, 3.63) is 301 Å². The molecule has 0 bridgehead atoms. The molecule has 71 heavy (non-hydrogen) atoms. The number of hydrogen-bond donors (Lipinski definition) is 0. The molecular weight excluding hydrogens is 857 g/mol. The molecule has 2 nitrogen and oxygen atoms in total. The summed E-state index contributed by atoms with van der Waals surface area (Å²) in [6, 6.07) is 103. The van der Waals surface area contributed by atoms with E-state index >= 15 is 0 Å². The standard InChI is InChI=1S/C69H46N2/c1-4-21-50(22-5-1)69(51-23-6-2-7-24-51)64-34-14-12-29-61(64)62-44-42-55(46-65(62)69)70(53-40-37-48(38-41-53)57-31-17-33-59-56-28-11-10-19-47(56)39-43-60(57)59)54-27-16-20-49(45-54)58-32-18-36-67-68(58)63-30-13-15-35-66(63)71(67)52-25-8-3-9-26-52/h1-46H.